The molecule has 134 valence electrons. The molecule has 0 aliphatic heterocycles. The molecule has 1 amide bonds. The Morgan fingerprint density at radius 2 is 1.92 bits per heavy atom. The Hall–Kier alpha value is -2.64. The monoisotopic (exact) mass is 388 g/mol. The lowest BCUT2D eigenvalue weighted by atomic mass is 10.1. The van der Waals surface area contributed by atoms with Gasteiger partial charge >= 0.3 is 0 Å². The van der Waals surface area contributed by atoms with E-state index in [1.807, 2.05) is 31.2 Å². The number of rotatable bonds is 5. The molecule has 3 rings (SSSR count). The molecule has 26 heavy (non-hydrogen) atoms. The van der Waals surface area contributed by atoms with Gasteiger partial charge in [0.15, 0.2) is 5.13 Å². The van der Waals surface area contributed by atoms with Crippen LogP contribution in [0.5, 0.6) is 5.75 Å². The Bertz CT molecular complexity index is 941. The first kappa shape index (κ1) is 18.2. The van der Waals surface area contributed by atoms with Gasteiger partial charge in [0.25, 0.3) is 5.91 Å². The lowest BCUT2D eigenvalue weighted by molar-refractivity contribution is 0.102. The van der Waals surface area contributed by atoms with Crippen molar-refractivity contribution in [1.29, 1.82) is 0 Å². The molecular formula is C18H17ClN4O2S. The third kappa shape index (κ3) is 3.95. The third-order valence-electron chi connectivity index (χ3n) is 3.69. The number of benzene rings is 1. The van der Waals surface area contributed by atoms with Crippen LogP contribution in [0.25, 0.3) is 11.3 Å². The zero-order valence-corrected chi connectivity index (χ0v) is 16.0. The summed E-state index contributed by atoms with van der Waals surface area (Å²) in [6.45, 7) is 1.97. The summed E-state index contributed by atoms with van der Waals surface area (Å²) in [7, 11) is 3.34. The summed E-state index contributed by atoms with van der Waals surface area (Å²) in [5, 5.41) is 6.46. The van der Waals surface area contributed by atoms with Crippen LogP contribution in [-0.2, 0) is 0 Å². The molecule has 0 unspecified atom stereocenters. The van der Waals surface area contributed by atoms with Crippen LogP contribution in [0.1, 0.15) is 15.2 Å². The van der Waals surface area contributed by atoms with E-state index < -0.39 is 0 Å². The maximum Gasteiger partial charge on any atom is 0.257 e. The predicted octanol–water partition coefficient (Wildman–Crippen LogP) is 4.47. The van der Waals surface area contributed by atoms with Crippen LogP contribution in [0.2, 0.25) is 5.15 Å². The molecule has 1 aromatic carbocycles. The summed E-state index contributed by atoms with van der Waals surface area (Å²) in [6.07, 6.45) is 0. The number of aryl methyl sites for hydroxylation is 1. The van der Waals surface area contributed by atoms with Crippen LogP contribution in [0.4, 0.5) is 10.9 Å². The van der Waals surface area contributed by atoms with E-state index in [0.717, 1.165) is 21.9 Å². The fraction of sp³-hybridized carbons (Fsp3) is 0.167. The number of carbonyl (C=O) groups is 1. The number of methoxy groups -OCH3 is 1. The summed E-state index contributed by atoms with van der Waals surface area (Å²) in [5.41, 5.74) is 2.20. The average Bonchev–Trinajstić information content (AvgIpc) is 3.01. The van der Waals surface area contributed by atoms with Gasteiger partial charge in [-0.25, -0.2) is 9.97 Å². The van der Waals surface area contributed by atoms with E-state index in [1.165, 1.54) is 17.4 Å². The second-order valence-corrected chi connectivity index (χ2v) is 7.01. The smallest absolute Gasteiger partial charge is 0.257 e. The molecule has 0 aliphatic carbocycles. The zero-order valence-electron chi connectivity index (χ0n) is 14.5. The summed E-state index contributed by atoms with van der Waals surface area (Å²) in [5.74, 6) is 1.02. The molecule has 0 fully saturated rings. The van der Waals surface area contributed by atoms with Crippen LogP contribution in [0.15, 0.2) is 36.4 Å². The Balaban J connectivity index is 1.82. The fourth-order valence-corrected chi connectivity index (χ4v) is 3.43. The number of nitrogens with zero attached hydrogens (tertiary/aromatic N) is 2. The average molecular weight is 389 g/mol. The van der Waals surface area contributed by atoms with Gasteiger partial charge in [-0.3, -0.25) is 10.1 Å². The normalized spacial score (nSPS) is 10.5. The highest BCUT2D eigenvalue weighted by molar-refractivity contribution is 7.16. The van der Waals surface area contributed by atoms with Gasteiger partial charge < -0.3 is 10.1 Å². The minimum Gasteiger partial charge on any atom is -0.497 e. The molecule has 2 N–H and O–H groups in total. The maximum absolute atomic E-state index is 12.5. The van der Waals surface area contributed by atoms with Crippen molar-refractivity contribution in [2.75, 3.05) is 24.8 Å². The first-order valence-electron chi connectivity index (χ1n) is 7.78. The number of nitrogens with one attached hydrogen (secondary N) is 2. The Morgan fingerprint density at radius 3 is 2.58 bits per heavy atom. The van der Waals surface area contributed by atoms with Crippen molar-refractivity contribution in [2.45, 2.75) is 6.92 Å². The summed E-state index contributed by atoms with van der Waals surface area (Å²) < 4.78 is 5.17. The summed E-state index contributed by atoms with van der Waals surface area (Å²) >= 11 is 7.37. The van der Waals surface area contributed by atoms with Crippen LogP contribution < -0.4 is 15.4 Å². The number of aromatic nitrogens is 2. The minimum absolute atomic E-state index is 0.247. The van der Waals surface area contributed by atoms with E-state index in [1.54, 1.807) is 20.2 Å². The highest BCUT2D eigenvalue weighted by atomic mass is 35.5. The van der Waals surface area contributed by atoms with E-state index in [-0.39, 0.29) is 11.1 Å². The number of halogens is 1. The van der Waals surface area contributed by atoms with Crippen molar-refractivity contribution < 1.29 is 9.53 Å². The molecule has 0 radical (unpaired) electrons. The summed E-state index contributed by atoms with van der Waals surface area (Å²) in [4.78, 5) is 22.1. The van der Waals surface area contributed by atoms with Crippen LogP contribution in [0, 0.1) is 6.92 Å². The standard InChI is InChI=1S/C18H17ClN4O2S/c1-10-16(11-4-6-13(25-3)7-5-11)22-18(26-10)23-17(24)12-8-14(19)21-15(9-12)20-2/h4-9H,1-3H3,(H,20,21)(H,22,23,24). The van der Waals surface area contributed by atoms with E-state index in [9.17, 15) is 4.79 Å². The third-order valence-corrected chi connectivity index (χ3v) is 4.77. The largest absolute Gasteiger partial charge is 0.497 e. The molecule has 6 nitrogen and oxygen atoms in total. The number of carbonyl (C=O) groups excluding carboxylic acids is 1. The fourth-order valence-electron chi connectivity index (χ4n) is 2.39. The van der Waals surface area contributed by atoms with Gasteiger partial charge in [0.1, 0.15) is 16.7 Å². The van der Waals surface area contributed by atoms with Crippen LogP contribution in [-0.4, -0.2) is 30.0 Å². The number of anilines is 2. The van der Waals surface area contributed by atoms with Gasteiger partial charge in [-0.2, -0.15) is 0 Å². The van der Waals surface area contributed by atoms with Gasteiger partial charge in [0.05, 0.1) is 12.8 Å². The van der Waals surface area contributed by atoms with Gasteiger partial charge in [0.2, 0.25) is 0 Å². The molecule has 0 saturated carbocycles. The second kappa shape index (κ2) is 7.72. The van der Waals surface area contributed by atoms with Gasteiger partial charge in [-0.05, 0) is 43.3 Å². The van der Waals surface area contributed by atoms with Crippen molar-refractivity contribution >= 4 is 39.8 Å². The Kier molecular flexibility index (Phi) is 5.39. The number of pyridine rings is 1. The predicted molar refractivity (Wildman–Crippen MR) is 106 cm³/mol. The van der Waals surface area contributed by atoms with Crippen LogP contribution >= 0.6 is 22.9 Å². The van der Waals surface area contributed by atoms with Gasteiger partial charge in [-0.1, -0.05) is 11.6 Å². The molecular weight excluding hydrogens is 372 g/mol. The molecule has 3 aromatic rings. The Morgan fingerprint density at radius 1 is 1.19 bits per heavy atom. The minimum atomic E-state index is -0.291. The molecule has 2 aromatic heterocycles. The number of hydrogen-bond acceptors (Lipinski definition) is 6. The highest BCUT2D eigenvalue weighted by Crippen LogP contribution is 2.31. The van der Waals surface area contributed by atoms with E-state index in [2.05, 4.69) is 20.6 Å². The number of thiazole rings is 1. The van der Waals surface area contributed by atoms with Gasteiger partial charge in [-0.15, -0.1) is 11.3 Å². The van der Waals surface area contributed by atoms with Crippen molar-refractivity contribution in [3.8, 4) is 17.0 Å². The molecule has 0 bridgehead atoms. The van der Waals surface area contributed by atoms with Crippen molar-refractivity contribution in [1.82, 2.24) is 9.97 Å². The van der Waals surface area contributed by atoms with Crippen molar-refractivity contribution in [3.05, 3.63) is 52.0 Å². The van der Waals surface area contributed by atoms with Crippen molar-refractivity contribution in [2.24, 2.45) is 0 Å². The molecule has 2 heterocycles. The molecule has 0 atom stereocenters. The number of amides is 1. The lowest BCUT2D eigenvalue weighted by Gasteiger charge is -2.05. The SMILES string of the molecule is CNc1cc(C(=O)Nc2nc(-c3ccc(OC)cc3)c(C)s2)cc(Cl)n1. The Labute approximate surface area is 160 Å². The van der Waals surface area contributed by atoms with E-state index in [0.29, 0.717) is 16.5 Å². The summed E-state index contributed by atoms with van der Waals surface area (Å²) in [6, 6.07) is 10.8. The molecule has 8 heteroatoms. The second-order valence-electron chi connectivity index (χ2n) is 5.42. The van der Waals surface area contributed by atoms with Crippen molar-refractivity contribution in [3.63, 3.8) is 0 Å². The van der Waals surface area contributed by atoms with Crippen LogP contribution in [0.3, 0.4) is 0 Å². The molecule has 0 aliphatic rings. The number of ether oxygens (including phenoxy) is 1. The lowest BCUT2D eigenvalue weighted by Crippen LogP contribution is -2.12. The van der Waals surface area contributed by atoms with E-state index >= 15 is 0 Å². The molecule has 0 spiro atoms. The highest BCUT2D eigenvalue weighted by Gasteiger charge is 2.14. The maximum atomic E-state index is 12.5. The molecule has 0 saturated heterocycles. The first-order valence-corrected chi connectivity index (χ1v) is 8.98. The first-order chi connectivity index (χ1) is 12.5. The zero-order chi connectivity index (χ0) is 18.7. The van der Waals surface area contributed by atoms with E-state index in [4.69, 9.17) is 16.3 Å². The topological polar surface area (TPSA) is 76.1 Å². The van der Waals surface area contributed by atoms with Gasteiger partial charge in [0, 0.05) is 23.1 Å². The quantitative estimate of drug-likeness (QED) is 0.630. The number of hydrogen-bond donors (Lipinski definition) is 2.